The summed E-state index contributed by atoms with van der Waals surface area (Å²) in [6.07, 6.45) is 8.62. The summed E-state index contributed by atoms with van der Waals surface area (Å²) in [6, 6.07) is 0. The van der Waals surface area contributed by atoms with Gasteiger partial charge < -0.3 is 15.2 Å². The van der Waals surface area contributed by atoms with Crippen LogP contribution in [-0.2, 0) is 4.74 Å². The highest BCUT2D eigenvalue weighted by Gasteiger charge is 2.25. The predicted octanol–water partition coefficient (Wildman–Crippen LogP) is 3.11. The number of aliphatic hydroxyl groups excluding tert-OH is 1. The predicted molar refractivity (Wildman–Crippen MR) is 80.4 cm³/mol. The highest BCUT2D eigenvalue weighted by molar-refractivity contribution is 4.85. The summed E-state index contributed by atoms with van der Waals surface area (Å²) in [6.45, 7) is 8.54. The lowest BCUT2D eigenvalue weighted by molar-refractivity contribution is 0.00933. The molecule has 19 heavy (non-hydrogen) atoms. The summed E-state index contributed by atoms with van der Waals surface area (Å²) in [4.78, 5) is 0. The van der Waals surface area contributed by atoms with Crippen LogP contribution in [0, 0.1) is 5.92 Å². The van der Waals surface area contributed by atoms with Crippen LogP contribution in [0.5, 0.6) is 0 Å². The zero-order chi connectivity index (χ0) is 14.1. The molecule has 3 atom stereocenters. The molecular formula is C16H33NO2. The molecule has 3 unspecified atom stereocenters. The molecule has 2 N–H and O–H groups in total. The first-order valence-electron chi connectivity index (χ1n) is 8.13. The molecule has 1 saturated carbocycles. The van der Waals surface area contributed by atoms with Gasteiger partial charge in [-0.1, -0.05) is 33.6 Å². The Morgan fingerprint density at radius 1 is 1.32 bits per heavy atom. The van der Waals surface area contributed by atoms with Gasteiger partial charge in [0, 0.05) is 12.1 Å². The number of nitrogens with one attached hydrogen (secondary N) is 1. The van der Waals surface area contributed by atoms with Crippen LogP contribution in [0.25, 0.3) is 0 Å². The van der Waals surface area contributed by atoms with E-state index >= 15 is 0 Å². The van der Waals surface area contributed by atoms with Crippen LogP contribution in [-0.4, -0.2) is 36.5 Å². The molecule has 0 bridgehead atoms. The summed E-state index contributed by atoms with van der Waals surface area (Å²) in [7, 11) is 0. The molecule has 1 aliphatic carbocycles. The molecule has 0 spiro atoms. The number of ether oxygens (including phenoxy) is 1. The quantitative estimate of drug-likeness (QED) is 0.633. The number of hydrogen-bond acceptors (Lipinski definition) is 3. The van der Waals surface area contributed by atoms with E-state index in [0.717, 1.165) is 38.3 Å². The average molecular weight is 271 g/mol. The van der Waals surface area contributed by atoms with Gasteiger partial charge in [0.15, 0.2) is 0 Å². The normalized spacial score (nSPS) is 27.2. The van der Waals surface area contributed by atoms with E-state index in [1.54, 1.807) is 0 Å². The van der Waals surface area contributed by atoms with E-state index in [9.17, 15) is 5.11 Å². The molecule has 1 aliphatic rings. The summed E-state index contributed by atoms with van der Waals surface area (Å²) in [5.74, 6) is 0.827. The molecule has 3 nitrogen and oxygen atoms in total. The molecule has 1 rings (SSSR count). The first-order valence-corrected chi connectivity index (χ1v) is 8.13. The number of likely N-dealkylation sites (N-methyl/N-ethyl adjacent to an activating group) is 1. The fourth-order valence-electron chi connectivity index (χ4n) is 3.20. The van der Waals surface area contributed by atoms with E-state index in [1.165, 1.54) is 25.7 Å². The van der Waals surface area contributed by atoms with E-state index < -0.39 is 0 Å². The van der Waals surface area contributed by atoms with Crippen LogP contribution in [0.15, 0.2) is 0 Å². The third-order valence-electron chi connectivity index (χ3n) is 4.57. The molecule has 114 valence electrons. The van der Waals surface area contributed by atoms with Crippen molar-refractivity contribution in [2.45, 2.75) is 77.4 Å². The lowest BCUT2D eigenvalue weighted by Gasteiger charge is -2.32. The first-order chi connectivity index (χ1) is 9.15. The van der Waals surface area contributed by atoms with Crippen molar-refractivity contribution in [3.05, 3.63) is 0 Å². The third-order valence-corrected chi connectivity index (χ3v) is 4.57. The monoisotopic (exact) mass is 271 g/mol. The van der Waals surface area contributed by atoms with Crippen LogP contribution in [0.2, 0.25) is 0 Å². The molecule has 0 heterocycles. The van der Waals surface area contributed by atoms with E-state index in [4.69, 9.17) is 4.74 Å². The molecule has 0 amide bonds. The van der Waals surface area contributed by atoms with Crippen molar-refractivity contribution in [1.82, 2.24) is 5.32 Å². The lowest BCUT2D eigenvalue weighted by atomic mass is 9.88. The summed E-state index contributed by atoms with van der Waals surface area (Å²) >= 11 is 0. The molecule has 3 heteroatoms. The second kappa shape index (κ2) is 8.93. The molecule has 0 aliphatic heterocycles. The molecule has 0 aromatic carbocycles. The minimum atomic E-state index is -0.0992. The van der Waals surface area contributed by atoms with Crippen molar-refractivity contribution < 1.29 is 9.84 Å². The van der Waals surface area contributed by atoms with Gasteiger partial charge in [0.25, 0.3) is 0 Å². The van der Waals surface area contributed by atoms with E-state index in [0.29, 0.717) is 6.10 Å². The molecule has 0 radical (unpaired) electrons. The summed E-state index contributed by atoms with van der Waals surface area (Å²) in [5, 5.41) is 13.0. The van der Waals surface area contributed by atoms with Gasteiger partial charge in [-0.15, -0.1) is 0 Å². The second-order valence-electron chi connectivity index (χ2n) is 6.19. The summed E-state index contributed by atoms with van der Waals surface area (Å²) < 4.78 is 6.01. The Morgan fingerprint density at radius 2 is 2.11 bits per heavy atom. The molecule has 0 aromatic rings. The van der Waals surface area contributed by atoms with Crippen molar-refractivity contribution >= 4 is 0 Å². The van der Waals surface area contributed by atoms with E-state index in [1.807, 2.05) is 0 Å². The fraction of sp³-hybridized carbons (Fsp3) is 1.00. The van der Waals surface area contributed by atoms with Gasteiger partial charge in [0.1, 0.15) is 0 Å². The van der Waals surface area contributed by atoms with E-state index in [2.05, 4.69) is 26.1 Å². The van der Waals surface area contributed by atoms with Crippen molar-refractivity contribution in [2.75, 3.05) is 19.8 Å². The Kier molecular flexibility index (Phi) is 7.96. The van der Waals surface area contributed by atoms with Crippen molar-refractivity contribution in [2.24, 2.45) is 5.92 Å². The fourth-order valence-corrected chi connectivity index (χ4v) is 3.20. The third kappa shape index (κ3) is 5.80. The minimum absolute atomic E-state index is 0.0992. The van der Waals surface area contributed by atoms with Gasteiger partial charge in [0.05, 0.1) is 12.7 Å². The maximum atomic E-state index is 9.59. The van der Waals surface area contributed by atoms with Crippen molar-refractivity contribution in [3.63, 3.8) is 0 Å². The maximum Gasteiger partial charge on any atom is 0.0613 e. The van der Waals surface area contributed by atoms with Crippen LogP contribution < -0.4 is 5.32 Å². The first kappa shape index (κ1) is 16.9. The standard InChI is InChI=1S/C16H33NO2/c1-4-16(13-18,17-5-2)10-7-11-19-15-9-6-8-14(3)12-15/h14-15,17-18H,4-13H2,1-3H3. The Morgan fingerprint density at radius 3 is 2.68 bits per heavy atom. The Labute approximate surface area is 119 Å². The Hall–Kier alpha value is -0.120. The number of hydrogen-bond donors (Lipinski definition) is 2. The maximum absolute atomic E-state index is 9.59. The van der Waals surface area contributed by atoms with Crippen LogP contribution in [0.3, 0.4) is 0 Å². The lowest BCUT2D eigenvalue weighted by Crippen LogP contribution is -2.48. The van der Waals surface area contributed by atoms with Gasteiger partial charge in [-0.25, -0.2) is 0 Å². The van der Waals surface area contributed by atoms with Crippen LogP contribution in [0.1, 0.15) is 65.7 Å². The molecular weight excluding hydrogens is 238 g/mol. The zero-order valence-electron chi connectivity index (χ0n) is 13.1. The molecule has 1 fully saturated rings. The van der Waals surface area contributed by atoms with Gasteiger partial charge in [-0.2, -0.15) is 0 Å². The highest BCUT2D eigenvalue weighted by Crippen LogP contribution is 2.26. The second-order valence-corrected chi connectivity index (χ2v) is 6.19. The van der Waals surface area contributed by atoms with Gasteiger partial charge in [-0.05, 0) is 44.6 Å². The number of rotatable bonds is 9. The van der Waals surface area contributed by atoms with Gasteiger partial charge in [-0.3, -0.25) is 0 Å². The SMILES string of the molecule is CCNC(CC)(CO)CCCOC1CCCC(C)C1. The van der Waals surface area contributed by atoms with Crippen LogP contribution in [0.4, 0.5) is 0 Å². The van der Waals surface area contributed by atoms with Crippen LogP contribution >= 0.6 is 0 Å². The molecule has 0 aromatic heterocycles. The highest BCUT2D eigenvalue weighted by atomic mass is 16.5. The van der Waals surface area contributed by atoms with Gasteiger partial charge in [0.2, 0.25) is 0 Å². The number of aliphatic hydroxyl groups is 1. The van der Waals surface area contributed by atoms with Gasteiger partial charge >= 0.3 is 0 Å². The van der Waals surface area contributed by atoms with Crippen molar-refractivity contribution in [3.8, 4) is 0 Å². The largest absolute Gasteiger partial charge is 0.394 e. The minimum Gasteiger partial charge on any atom is -0.394 e. The average Bonchev–Trinajstić information content (AvgIpc) is 2.42. The Bertz CT molecular complexity index is 229. The molecule has 0 saturated heterocycles. The summed E-state index contributed by atoms with van der Waals surface area (Å²) in [5.41, 5.74) is -0.0992. The van der Waals surface area contributed by atoms with Crippen molar-refractivity contribution in [1.29, 1.82) is 0 Å². The van der Waals surface area contributed by atoms with E-state index in [-0.39, 0.29) is 12.1 Å². The zero-order valence-corrected chi connectivity index (χ0v) is 13.1. The topological polar surface area (TPSA) is 41.5 Å². The Balaban J connectivity index is 2.21. The smallest absolute Gasteiger partial charge is 0.0613 e.